The molecular weight excluding hydrogens is 294 g/mol. The minimum atomic E-state index is -0.635. The van der Waals surface area contributed by atoms with Gasteiger partial charge in [-0.1, -0.05) is 18.2 Å². The molecular formula is C17H17N3O3. The number of benzene rings is 1. The molecule has 2 saturated carbocycles. The highest BCUT2D eigenvalue weighted by Crippen LogP contribution is 2.56. The van der Waals surface area contributed by atoms with Gasteiger partial charge in [0, 0.05) is 6.07 Å². The maximum atomic E-state index is 12.4. The van der Waals surface area contributed by atoms with Crippen molar-refractivity contribution >= 4 is 11.9 Å². The first-order valence-corrected chi connectivity index (χ1v) is 7.78. The molecule has 0 atom stereocenters. The van der Waals surface area contributed by atoms with Gasteiger partial charge in [-0.25, -0.2) is 9.48 Å². The summed E-state index contributed by atoms with van der Waals surface area (Å²) in [6.07, 6.45) is 4.09. The highest BCUT2D eigenvalue weighted by Gasteiger charge is 2.57. The van der Waals surface area contributed by atoms with E-state index in [1.807, 2.05) is 18.2 Å². The minimum Gasteiger partial charge on any atom is -0.454 e. The van der Waals surface area contributed by atoms with Crippen LogP contribution < -0.4 is 5.73 Å². The van der Waals surface area contributed by atoms with Crippen LogP contribution in [0.4, 0.5) is 0 Å². The molecule has 6 nitrogen and oxygen atoms in total. The Morgan fingerprint density at radius 1 is 1.22 bits per heavy atom. The van der Waals surface area contributed by atoms with Gasteiger partial charge in [-0.2, -0.15) is 5.10 Å². The molecule has 0 saturated heterocycles. The number of carbonyl (C=O) groups is 2. The number of carbonyl (C=O) groups excluding carboxylic acids is 2. The maximum absolute atomic E-state index is 12.4. The normalized spacial score (nSPS) is 18.4. The number of aromatic nitrogens is 2. The molecule has 0 bridgehead atoms. The number of amides is 1. The number of esters is 1. The van der Waals surface area contributed by atoms with Crippen LogP contribution in [0.2, 0.25) is 0 Å². The largest absolute Gasteiger partial charge is 0.454 e. The molecule has 0 radical (unpaired) electrons. The fourth-order valence-corrected chi connectivity index (χ4v) is 2.99. The second-order valence-corrected chi connectivity index (χ2v) is 6.25. The zero-order valence-corrected chi connectivity index (χ0v) is 12.6. The molecule has 1 aromatic heterocycles. The summed E-state index contributed by atoms with van der Waals surface area (Å²) in [5.41, 5.74) is 6.09. The van der Waals surface area contributed by atoms with E-state index in [1.54, 1.807) is 12.1 Å². The first kappa shape index (κ1) is 14.0. The standard InChI is InChI=1S/C17H17N3O3/c18-15(21)14-10-13(19-20(14)12-4-2-1-3-5-12)16(22)23-17(8-9-17)11-6-7-11/h1-5,10-11H,6-9H2,(H2,18,21). The third-order valence-electron chi connectivity index (χ3n) is 4.53. The topological polar surface area (TPSA) is 87.2 Å². The number of rotatable bonds is 5. The van der Waals surface area contributed by atoms with Crippen LogP contribution in [-0.4, -0.2) is 27.3 Å². The molecule has 0 spiro atoms. The van der Waals surface area contributed by atoms with E-state index in [0.717, 1.165) is 25.7 Å². The van der Waals surface area contributed by atoms with Crippen LogP contribution >= 0.6 is 0 Å². The highest BCUT2D eigenvalue weighted by atomic mass is 16.6. The van der Waals surface area contributed by atoms with Crippen molar-refractivity contribution in [3.8, 4) is 5.69 Å². The number of nitrogens with two attached hydrogens (primary N) is 1. The average Bonchev–Trinajstić information content (AvgIpc) is 3.46. The fourth-order valence-electron chi connectivity index (χ4n) is 2.99. The Bertz CT molecular complexity index is 774. The number of ether oxygens (including phenoxy) is 1. The monoisotopic (exact) mass is 311 g/mol. The van der Waals surface area contributed by atoms with Gasteiger partial charge in [-0.3, -0.25) is 4.79 Å². The molecule has 2 aromatic rings. The van der Waals surface area contributed by atoms with Crippen molar-refractivity contribution in [2.24, 2.45) is 11.7 Å². The molecule has 2 fully saturated rings. The Balaban J connectivity index is 1.64. The van der Waals surface area contributed by atoms with Crippen LogP contribution in [0.5, 0.6) is 0 Å². The lowest BCUT2D eigenvalue weighted by molar-refractivity contribution is 0.0153. The Hall–Kier alpha value is -2.63. The van der Waals surface area contributed by atoms with E-state index in [9.17, 15) is 9.59 Å². The molecule has 4 rings (SSSR count). The lowest BCUT2D eigenvalue weighted by Crippen LogP contribution is -2.22. The van der Waals surface area contributed by atoms with Crippen LogP contribution in [-0.2, 0) is 4.74 Å². The molecule has 0 unspecified atom stereocenters. The quantitative estimate of drug-likeness (QED) is 0.856. The second-order valence-electron chi connectivity index (χ2n) is 6.25. The van der Waals surface area contributed by atoms with Crippen molar-refractivity contribution in [2.75, 3.05) is 0 Å². The van der Waals surface area contributed by atoms with E-state index < -0.39 is 11.9 Å². The van der Waals surface area contributed by atoms with Crippen LogP contribution in [0.3, 0.4) is 0 Å². The number of nitrogens with zero attached hydrogens (tertiary/aromatic N) is 2. The molecule has 118 valence electrons. The highest BCUT2D eigenvalue weighted by molar-refractivity contribution is 5.95. The summed E-state index contributed by atoms with van der Waals surface area (Å²) in [5.74, 6) is -0.617. The lowest BCUT2D eigenvalue weighted by atomic mass is 10.2. The van der Waals surface area contributed by atoms with Crippen molar-refractivity contribution in [3.63, 3.8) is 0 Å². The molecule has 23 heavy (non-hydrogen) atoms. The molecule has 1 amide bonds. The average molecular weight is 311 g/mol. The van der Waals surface area contributed by atoms with Gasteiger partial charge in [0.15, 0.2) is 5.69 Å². The van der Waals surface area contributed by atoms with Gasteiger partial charge in [-0.15, -0.1) is 0 Å². The van der Waals surface area contributed by atoms with Gasteiger partial charge in [-0.05, 0) is 43.7 Å². The van der Waals surface area contributed by atoms with E-state index in [2.05, 4.69) is 5.10 Å². The van der Waals surface area contributed by atoms with Crippen LogP contribution in [0.25, 0.3) is 5.69 Å². The zero-order valence-electron chi connectivity index (χ0n) is 12.6. The first-order valence-electron chi connectivity index (χ1n) is 7.78. The Morgan fingerprint density at radius 2 is 1.91 bits per heavy atom. The fraction of sp³-hybridized carbons (Fsp3) is 0.353. The van der Waals surface area contributed by atoms with E-state index in [0.29, 0.717) is 11.6 Å². The number of primary amides is 1. The summed E-state index contributed by atoms with van der Waals surface area (Å²) in [4.78, 5) is 24.1. The first-order chi connectivity index (χ1) is 11.1. The predicted octanol–water partition coefficient (Wildman–Crippen LogP) is 2.07. The van der Waals surface area contributed by atoms with Gasteiger partial charge < -0.3 is 10.5 Å². The lowest BCUT2D eigenvalue weighted by Gasteiger charge is -2.14. The van der Waals surface area contributed by atoms with Crippen LogP contribution in [0.1, 0.15) is 46.7 Å². The molecule has 6 heteroatoms. The summed E-state index contributed by atoms with van der Waals surface area (Å²) >= 11 is 0. The Kier molecular flexibility index (Phi) is 3.01. The van der Waals surface area contributed by atoms with Crippen molar-refractivity contribution in [1.82, 2.24) is 9.78 Å². The maximum Gasteiger partial charge on any atom is 0.359 e. The van der Waals surface area contributed by atoms with Crippen molar-refractivity contribution in [2.45, 2.75) is 31.3 Å². The molecule has 1 aromatic carbocycles. The van der Waals surface area contributed by atoms with Gasteiger partial charge in [0.25, 0.3) is 5.91 Å². The smallest absolute Gasteiger partial charge is 0.359 e. The third-order valence-corrected chi connectivity index (χ3v) is 4.53. The van der Waals surface area contributed by atoms with Gasteiger partial charge >= 0.3 is 5.97 Å². The summed E-state index contributed by atoms with van der Waals surface area (Å²) in [5, 5.41) is 4.23. The predicted molar refractivity (Wildman–Crippen MR) is 82.2 cm³/mol. The van der Waals surface area contributed by atoms with Gasteiger partial charge in [0.2, 0.25) is 0 Å². The van der Waals surface area contributed by atoms with E-state index in [-0.39, 0.29) is 17.0 Å². The Labute approximate surface area is 133 Å². The molecule has 2 N–H and O–H groups in total. The minimum absolute atomic E-state index is 0.120. The van der Waals surface area contributed by atoms with Crippen molar-refractivity contribution < 1.29 is 14.3 Å². The van der Waals surface area contributed by atoms with E-state index >= 15 is 0 Å². The summed E-state index contributed by atoms with van der Waals surface area (Å²) in [6, 6.07) is 10.5. The number of hydrogen-bond acceptors (Lipinski definition) is 4. The second kappa shape index (κ2) is 4.94. The van der Waals surface area contributed by atoms with Gasteiger partial charge in [0.05, 0.1) is 5.69 Å². The molecule has 2 aliphatic rings. The van der Waals surface area contributed by atoms with Crippen molar-refractivity contribution in [1.29, 1.82) is 0 Å². The molecule has 0 aliphatic heterocycles. The Morgan fingerprint density at radius 3 is 2.48 bits per heavy atom. The summed E-state index contributed by atoms with van der Waals surface area (Å²) in [6.45, 7) is 0. The van der Waals surface area contributed by atoms with E-state index in [1.165, 1.54) is 10.7 Å². The summed E-state index contributed by atoms with van der Waals surface area (Å²) < 4.78 is 7.06. The zero-order chi connectivity index (χ0) is 16.0. The molecule has 1 heterocycles. The third kappa shape index (κ3) is 2.50. The summed E-state index contributed by atoms with van der Waals surface area (Å²) in [7, 11) is 0. The van der Waals surface area contributed by atoms with E-state index in [4.69, 9.17) is 10.5 Å². The SMILES string of the molecule is NC(=O)c1cc(C(=O)OC2(C3CC3)CC2)nn1-c1ccccc1. The molecule has 2 aliphatic carbocycles. The number of para-hydroxylation sites is 1. The number of hydrogen-bond donors (Lipinski definition) is 1. The van der Waals surface area contributed by atoms with Crippen LogP contribution in [0.15, 0.2) is 36.4 Å². The van der Waals surface area contributed by atoms with Gasteiger partial charge in [0.1, 0.15) is 11.3 Å². The van der Waals surface area contributed by atoms with Crippen LogP contribution in [0, 0.1) is 5.92 Å². The van der Waals surface area contributed by atoms with Crippen molar-refractivity contribution in [3.05, 3.63) is 47.8 Å².